The van der Waals surface area contributed by atoms with E-state index in [9.17, 15) is 4.79 Å². The molecule has 1 aliphatic carbocycles. The Morgan fingerprint density at radius 2 is 2.28 bits per heavy atom. The van der Waals surface area contributed by atoms with Crippen LogP contribution in [0.15, 0.2) is 17.5 Å². The maximum absolute atomic E-state index is 12.3. The van der Waals surface area contributed by atoms with Crippen LogP contribution in [0.25, 0.3) is 0 Å². The zero-order valence-corrected chi connectivity index (χ0v) is 11.3. The molecule has 0 bridgehead atoms. The van der Waals surface area contributed by atoms with Crippen molar-refractivity contribution in [3.63, 3.8) is 0 Å². The van der Waals surface area contributed by atoms with Gasteiger partial charge in [0.05, 0.1) is 18.9 Å². The van der Waals surface area contributed by atoms with E-state index in [2.05, 4.69) is 6.07 Å². The van der Waals surface area contributed by atoms with Crippen molar-refractivity contribution in [2.24, 2.45) is 0 Å². The Kier molecular flexibility index (Phi) is 4.77. The van der Waals surface area contributed by atoms with E-state index in [1.165, 1.54) is 12.8 Å². The molecule has 0 N–H and O–H groups in total. The maximum atomic E-state index is 12.3. The van der Waals surface area contributed by atoms with Gasteiger partial charge in [0.15, 0.2) is 0 Å². The van der Waals surface area contributed by atoms with Crippen molar-refractivity contribution in [2.75, 3.05) is 6.54 Å². The third-order valence-corrected chi connectivity index (χ3v) is 4.33. The summed E-state index contributed by atoms with van der Waals surface area (Å²) in [7, 11) is 0. The van der Waals surface area contributed by atoms with E-state index < -0.39 is 0 Å². The quantitative estimate of drug-likeness (QED) is 0.818. The van der Waals surface area contributed by atoms with Gasteiger partial charge in [0.25, 0.3) is 0 Å². The Morgan fingerprint density at radius 1 is 1.50 bits per heavy atom. The summed E-state index contributed by atoms with van der Waals surface area (Å²) in [5.74, 6) is 0.180. The second-order valence-corrected chi connectivity index (χ2v) is 5.72. The van der Waals surface area contributed by atoms with E-state index in [1.54, 1.807) is 11.3 Å². The lowest BCUT2D eigenvalue weighted by atomic mass is 10.1. The van der Waals surface area contributed by atoms with Gasteiger partial charge >= 0.3 is 0 Å². The van der Waals surface area contributed by atoms with Gasteiger partial charge in [0.2, 0.25) is 5.91 Å². The van der Waals surface area contributed by atoms with Crippen molar-refractivity contribution in [2.45, 2.75) is 44.6 Å². The van der Waals surface area contributed by atoms with Crippen molar-refractivity contribution < 1.29 is 4.79 Å². The van der Waals surface area contributed by atoms with E-state index in [0.717, 1.165) is 17.7 Å². The second kappa shape index (κ2) is 6.55. The molecule has 1 aromatic heterocycles. The van der Waals surface area contributed by atoms with Gasteiger partial charge in [0, 0.05) is 17.5 Å². The van der Waals surface area contributed by atoms with Crippen LogP contribution in [0.2, 0.25) is 0 Å². The number of hydrogen-bond donors (Lipinski definition) is 0. The molecule has 1 saturated carbocycles. The topological polar surface area (TPSA) is 44.1 Å². The molecule has 1 aromatic rings. The highest BCUT2D eigenvalue weighted by atomic mass is 32.1. The molecule has 0 aliphatic heterocycles. The van der Waals surface area contributed by atoms with E-state index in [1.807, 2.05) is 22.4 Å². The number of rotatable bonds is 5. The summed E-state index contributed by atoms with van der Waals surface area (Å²) in [5, 5.41) is 10.7. The van der Waals surface area contributed by atoms with E-state index in [-0.39, 0.29) is 5.91 Å². The fourth-order valence-electron chi connectivity index (χ4n) is 2.56. The molecule has 0 atom stereocenters. The number of hydrogen-bond acceptors (Lipinski definition) is 3. The van der Waals surface area contributed by atoms with Gasteiger partial charge < -0.3 is 4.90 Å². The van der Waals surface area contributed by atoms with Crippen LogP contribution >= 0.6 is 11.3 Å². The standard InChI is InChI=1S/C14H18N2OS/c15-8-4-9-16(12-5-1-2-6-12)14(17)11-13-7-3-10-18-13/h3,7,10,12H,1-2,4-6,9,11H2. The number of thiophene rings is 1. The van der Waals surface area contributed by atoms with Crippen molar-refractivity contribution in [1.82, 2.24) is 4.90 Å². The maximum Gasteiger partial charge on any atom is 0.228 e. The normalized spacial score (nSPS) is 15.5. The van der Waals surface area contributed by atoms with Crippen molar-refractivity contribution in [1.29, 1.82) is 5.26 Å². The summed E-state index contributed by atoms with van der Waals surface area (Å²) in [6, 6.07) is 6.48. The van der Waals surface area contributed by atoms with E-state index in [0.29, 0.717) is 25.4 Å². The number of nitrogens with zero attached hydrogens (tertiary/aromatic N) is 2. The van der Waals surface area contributed by atoms with Gasteiger partial charge in [-0.1, -0.05) is 18.9 Å². The number of amides is 1. The lowest BCUT2D eigenvalue weighted by molar-refractivity contribution is -0.132. The van der Waals surface area contributed by atoms with Crippen LogP contribution in [0, 0.1) is 11.3 Å². The summed E-state index contributed by atoms with van der Waals surface area (Å²) in [5.41, 5.74) is 0. The minimum Gasteiger partial charge on any atom is -0.338 e. The molecule has 1 fully saturated rings. The first-order valence-electron chi connectivity index (χ1n) is 6.50. The number of carbonyl (C=O) groups is 1. The highest BCUT2D eigenvalue weighted by Gasteiger charge is 2.26. The average Bonchev–Trinajstić information content (AvgIpc) is 3.02. The zero-order valence-electron chi connectivity index (χ0n) is 10.5. The van der Waals surface area contributed by atoms with Crippen molar-refractivity contribution >= 4 is 17.2 Å². The van der Waals surface area contributed by atoms with Crippen LogP contribution in [0.1, 0.15) is 37.0 Å². The molecule has 0 saturated heterocycles. The predicted molar refractivity (Wildman–Crippen MR) is 72.2 cm³/mol. The second-order valence-electron chi connectivity index (χ2n) is 4.69. The van der Waals surface area contributed by atoms with E-state index >= 15 is 0 Å². The molecule has 0 spiro atoms. The third-order valence-electron chi connectivity index (χ3n) is 3.46. The monoisotopic (exact) mass is 262 g/mol. The predicted octanol–water partition coefficient (Wildman–Crippen LogP) is 2.98. The Balaban J connectivity index is 1.98. The average molecular weight is 262 g/mol. The SMILES string of the molecule is N#CCCN(C(=O)Cc1cccs1)C1CCCC1. The Morgan fingerprint density at radius 3 is 2.89 bits per heavy atom. The van der Waals surface area contributed by atoms with Gasteiger partial charge in [-0.05, 0) is 24.3 Å². The largest absolute Gasteiger partial charge is 0.338 e. The molecule has 0 unspecified atom stereocenters. The molecule has 0 aromatic carbocycles. The Labute approximate surface area is 112 Å². The van der Waals surface area contributed by atoms with Crippen LogP contribution in [-0.2, 0) is 11.2 Å². The first-order valence-corrected chi connectivity index (χ1v) is 7.38. The Hall–Kier alpha value is -1.34. The van der Waals surface area contributed by atoms with Crippen LogP contribution in [0.4, 0.5) is 0 Å². The van der Waals surface area contributed by atoms with Crippen LogP contribution < -0.4 is 0 Å². The Bertz CT molecular complexity index is 416. The van der Waals surface area contributed by atoms with Gasteiger partial charge in [-0.2, -0.15) is 5.26 Å². The molecule has 3 nitrogen and oxygen atoms in total. The molecule has 0 radical (unpaired) electrons. The first kappa shape index (κ1) is 13.1. The van der Waals surface area contributed by atoms with Crippen molar-refractivity contribution in [3.05, 3.63) is 22.4 Å². The highest BCUT2D eigenvalue weighted by molar-refractivity contribution is 7.10. The molecule has 18 heavy (non-hydrogen) atoms. The van der Waals surface area contributed by atoms with E-state index in [4.69, 9.17) is 5.26 Å². The summed E-state index contributed by atoms with van der Waals surface area (Å²) < 4.78 is 0. The van der Waals surface area contributed by atoms with Crippen molar-refractivity contribution in [3.8, 4) is 6.07 Å². The molecule has 4 heteroatoms. The minimum atomic E-state index is 0.180. The third kappa shape index (κ3) is 3.33. The summed E-state index contributed by atoms with van der Waals surface area (Å²) >= 11 is 1.62. The van der Waals surface area contributed by atoms with Crippen LogP contribution in [-0.4, -0.2) is 23.4 Å². The molecule has 1 amide bonds. The van der Waals surface area contributed by atoms with Crippen LogP contribution in [0.3, 0.4) is 0 Å². The molecule has 1 aliphatic rings. The van der Waals surface area contributed by atoms with Crippen LogP contribution in [0.5, 0.6) is 0 Å². The number of nitriles is 1. The molecular formula is C14H18N2OS. The lowest BCUT2D eigenvalue weighted by Crippen LogP contribution is -2.40. The fraction of sp³-hybridized carbons (Fsp3) is 0.571. The fourth-order valence-corrected chi connectivity index (χ4v) is 3.26. The van der Waals surface area contributed by atoms with Gasteiger partial charge in [0.1, 0.15) is 0 Å². The summed E-state index contributed by atoms with van der Waals surface area (Å²) in [4.78, 5) is 15.4. The lowest BCUT2D eigenvalue weighted by Gasteiger charge is -2.28. The van der Waals surface area contributed by atoms with Gasteiger partial charge in [-0.25, -0.2) is 0 Å². The molecule has 1 heterocycles. The smallest absolute Gasteiger partial charge is 0.228 e. The summed E-state index contributed by atoms with van der Waals surface area (Å²) in [6.07, 6.45) is 5.54. The number of carbonyl (C=O) groups excluding carboxylic acids is 1. The minimum absolute atomic E-state index is 0.180. The molecule has 2 rings (SSSR count). The summed E-state index contributed by atoms with van der Waals surface area (Å²) in [6.45, 7) is 0.589. The zero-order chi connectivity index (χ0) is 12.8. The highest BCUT2D eigenvalue weighted by Crippen LogP contribution is 2.24. The van der Waals surface area contributed by atoms with Gasteiger partial charge in [-0.15, -0.1) is 11.3 Å². The van der Waals surface area contributed by atoms with Gasteiger partial charge in [-0.3, -0.25) is 4.79 Å². The molecular weight excluding hydrogens is 244 g/mol. The first-order chi connectivity index (χ1) is 8.81. The molecule has 96 valence electrons.